The summed E-state index contributed by atoms with van der Waals surface area (Å²) in [6.07, 6.45) is 0. The summed E-state index contributed by atoms with van der Waals surface area (Å²) in [6.45, 7) is 0. The van der Waals surface area contributed by atoms with Gasteiger partial charge in [-0.3, -0.25) is 0 Å². The van der Waals surface area contributed by atoms with Crippen molar-refractivity contribution in [3.63, 3.8) is 0 Å². The molecule has 0 N–H and O–H groups in total. The molecule has 0 heterocycles. The van der Waals surface area contributed by atoms with Crippen LogP contribution in [0.1, 0.15) is 0 Å². The second-order valence-electron chi connectivity index (χ2n) is 9.96. The molecule has 0 spiro atoms. The predicted octanol–water partition coefficient (Wildman–Crippen LogP) is 5.91. The van der Waals surface area contributed by atoms with Crippen LogP contribution < -0.4 is 31.8 Å². The van der Waals surface area contributed by atoms with E-state index in [0.717, 1.165) is 31.8 Å². The molecule has 0 saturated carbocycles. The Bertz CT molecular complexity index is 1410. The molecule has 0 fully saturated rings. The fourth-order valence-electron chi connectivity index (χ4n) is 5.60. The first kappa shape index (κ1) is 30.3. The monoisotopic (exact) mass is 647 g/mol. The molecule has 6 rings (SSSR count). The minimum Gasteiger partial charge on any atom is 0 e. The van der Waals surface area contributed by atoms with Gasteiger partial charge in [0, 0.05) is 16.8 Å². The van der Waals surface area contributed by atoms with Crippen LogP contribution in [0, 0.1) is 4.91 Å². The van der Waals surface area contributed by atoms with Crippen LogP contribution >= 0.6 is 15.0 Å². The van der Waals surface area contributed by atoms with Crippen LogP contribution in [-0.2, 0) is 26.0 Å². The van der Waals surface area contributed by atoms with Crippen molar-refractivity contribution < 1.29 is 31.1 Å². The Kier molecular flexibility index (Phi) is 9.81. The van der Waals surface area contributed by atoms with Gasteiger partial charge in [-0.05, 0) is 0 Å². The second kappa shape index (κ2) is 13.9. The van der Waals surface area contributed by atoms with Crippen molar-refractivity contribution in [1.82, 2.24) is 0 Å². The standard InChI is InChI=1S/C36H32NO3P2.Co/c38-37(39-41(31-19-7-1-8-20-31,32-21-9-2-10-22-32)33-23-11-3-12-24-33)40-42(34-25-13-4-14-26-34,35-27-15-5-16-28-35)36-29-17-6-18-30-36;/h1-30,41-42H;/q+1;. The van der Waals surface area contributed by atoms with E-state index in [0.29, 0.717) is 5.09 Å². The molecule has 217 valence electrons. The first-order valence-electron chi connectivity index (χ1n) is 13.9. The van der Waals surface area contributed by atoms with Crippen molar-refractivity contribution in [2.75, 3.05) is 0 Å². The number of nitrogens with zero attached hydrogens (tertiary/aromatic N) is 1. The maximum absolute atomic E-state index is 14.5. The second-order valence-corrected chi connectivity index (χ2v) is 16.5. The molecule has 6 aromatic carbocycles. The average molecular weight is 648 g/mol. The summed E-state index contributed by atoms with van der Waals surface area (Å²) < 4.78 is 13.5. The predicted molar refractivity (Wildman–Crippen MR) is 179 cm³/mol. The van der Waals surface area contributed by atoms with Crippen molar-refractivity contribution in [2.45, 2.75) is 0 Å². The van der Waals surface area contributed by atoms with Crippen molar-refractivity contribution in [2.24, 2.45) is 0 Å². The number of rotatable bonds is 10. The summed E-state index contributed by atoms with van der Waals surface area (Å²) in [5.74, 6) is 0. The first-order valence-corrected chi connectivity index (χ1v) is 17.7. The number of hydrogen-bond donors (Lipinski definition) is 0. The van der Waals surface area contributed by atoms with E-state index >= 15 is 0 Å². The molecule has 6 aromatic rings. The quantitative estimate of drug-likeness (QED) is 0.137. The molecule has 4 nitrogen and oxygen atoms in total. The normalized spacial score (nSPS) is 11.9. The van der Waals surface area contributed by atoms with E-state index < -0.39 is 15.0 Å². The van der Waals surface area contributed by atoms with Gasteiger partial charge in [-0.2, -0.15) is 0 Å². The van der Waals surface area contributed by atoms with Crippen LogP contribution in [0.4, 0.5) is 0 Å². The van der Waals surface area contributed by atoms with E-state index in [1.54, 1.807) is 0 Å². The van der Waals surface area contributed by atoms with Gasteiger partial charge < -0.3 is 0 Å². The van der Waals surface area contributed by atoms with Crippen molar-refractivity contribution in [3.8, 4) is 0 Å². The Balaban J connectivity index is 0.00000368. The van der Waals surface area contributed by atoms with Crippen LogP contribution in [0.2, 0.25) is 0 Å². The maximum atomic E-state index is 14.5. The van der Waals surface area contributed by atoms with Gasteiger partial charge in [-0.1, -0.05) is 0 Å². The molecule has 43 heavy (non-hydrogen) atoms. The van der Waals surface area contributed by atoms with Crippen LogP contribution in [0.25, 0.3) is 0 Å². The van der Waals surface area contributed by atoms with Gasteiger partial charge >= 0.3 is 248 Å². The molecular formula is C36H32CoNO3P2+. The van der Waals surface area contributed by atoms with Crippen LogP contribution in [0.5, 0.6) is 0 Å². The number of benzene rings is 6. The molecule has 0 unspecified atom stereocenters. The van der Waals surface area contributed by atoms with Crippen molar-refractivity contribution in [1.29, 1.82) is 0 Å². The Labute approximate surface area is 263 Å². The Hall–Kier alpha value is -4.11. The third-order valence-electron chi connectivity index (χ3n) is 7.50. The molecule has 0 aliphatic carbocycles. The van der Waals surface area contributed by atoms with Gasteiger partial charge in [0.25, 0.3) is 0 Å². The SMILES string of the molecule is O=[N+](O[PH](c1ccccc1)(c1ccccc1)c1ccccc1)O[PH](c1ccccc1)(c1ccccc1)c1ccccc1.[Co]. The van der Waals surface area contributed by atoms with E-state index in [1.807, 2.05) is 182 Å². The molecule has 0 bridgehead atoms. The van der Waals surface area contributed by atoms with Crippen LogP contribution in [0.3, 0.4) is 0 Å². The summed E-state index contributed by atoms with van der Waals surface area (Å²) in [6, 6.07) is 60.1. The summed E-state index contributed by atoms with van der Waals surface area (Å²) in [5.41, 5.74) is 0. The fraction of sp³-hybridized carbons (Fsp3) is 0. The van der Waals surface area contributed by atoms with E-state index in [9.17, 15) is 4.91 Å². The zero-order valence-corrected chi connectivity index (χ0v) is 26.4. The van der Waals surface area contributed by atoms with E-state index in [-0.39, 0.29) is 16.8 Å². The van der Waals surface area contributed by atoms with E-state index in [4.69, 9.17) is 9.25 Å². The molecular weight excluding hydrogens is 615 g/mol. The summed E-state index contributed by atoms with van der Waals surface area (Å²) in [5, 5.41) is 6.07. The van der Waals surface area contributed by atoms with Gasteiger partial charge in [0.15, 0.2) is 0 Å². The third kappa shape index (κ3) is 6.04. The van der Waals surface area contributed by atoms with E-state index in [1.165, 1.54) is 0 Å². The molecule has 0 amide bonds. The largest absolute Gasteiger partial charge is 0 e. The topological polar surface area (TPSA) is 38.5 Å². The van der Waals surface area contributed by atoms with Gasteiger partial charge in [-0.25, -0.2) is 0 Å². The first-order chi connectivity index (χ1) is 20.7. The smallest absolute Gasteiger partial charge is 0 e. The summed E-state index contributed by atoms with van der Waals surface area (Å²) in [4.78, 5) is 14.5. The van der Waals surface area contributed by atoms with Gasteiger partial charge in [-0.15, -0.1) is 0 Å². The maximum Gasteiger partial charge on any atom is 0 e. The fourth-order valence-corrected chi connectivity index (χ4v) is 12.8. The molecule has 0 saturated heterocycles. The zero-order valence-electron chi connectivity index (χ0n) is 23.3. The molecule has 7 heteroatoms. The van der Waals surface area contributed by atoms with Crippen LogP contribution in [-0.4, -0.2) is 5.09 Å². The summed E-state index contributed by atoms with van der Waals surface area (Å²) in [7, 11) is -6.76. The summed E-state index contributed by atoms with van der Waals surface area (Å²) >= 11 is 0. The van der Waals surface area contributed by atoms with Crippen molar-refractivity contribution >= 4 is 46.8 Å². The Morgan fingerprint density at radius 3 is 0.651 bits per heavy atom. The van der Waals surface area contributed by atoms with Crippen LogP contribution in [0.15, 0.2) is 182 Å². The molecule has 0 aliphatic rings. The minimum atomic E-state index is -3.38. The van der Waals surface area contributed by atoms with Crippen molar-refractivity contribution in [3.05, 3.63) is 187 Å². The molecule has 0 atom stereocenters. The molecule has 0 aromatic heterocycles. The average Bonchev–Trinajstić information content (AvgIpc) is 3.08. The van der Waals surface area contributed by atoms with Gasteiger partial charge in [0.1, 0.15) is 0 Å². The number of hydrogen-bond acceptors (Lipinski definition) is 3. The minimum absolute atomic E-state index is 0. The Morgan fingerprint density at radius 1 is 0.326 bits per heavy atom. The van der Waals surface area contributed by atoms with Gasteiger partial charge in [0.05, 0.1) is 0 Å². The van der Waals surface area contributed by atoms with Gasteiger partial charge in [0.2, 0.25) is 0 Å². The Morgan fingerprint density at radius 2 is 0.488 bits per heavy atom. The molecule has 1 radical (unpaired) electrons. The van der Waals surface area contributed by atoms with E-state index in [2.05, 4.69) is 0 Å². The zero-order chi connectivity index (χ0) is 28.7. The molecule has 0 aliphatic heterocycles. The third-order valence-corrected chi connectivity index (χ3v) is 15.2.